The summed E-state index contributed by atoms with van der Waals surface area (Å²) in [7, 11) is 0. The number of hydrogen-bond donors (Lipinski definition) is 0. The van der Waals surface area contributed by atoms with Gasteiger partial charge in [-0.3, -0.25) is 4.79 Å². The van der Waals surface area contributed by atoms with E-state index in [0.29, 0.717) is 18.0 Å². The molecular formula is C22H24ClN3O. The summed E-state index contributed by atoms with van der Waals surface area (Å²) in [5.74, 6) is 1.06. The number of likely N-dealkylation sites (tertiary alicyclic amines) is 1. The predicted octanol–water partition coefficient (Wildman–Crippen LogP) is 5.15. The molecule has 1 saturated heterocycles. The van der Waals surface area contributed by atoms with Crippen molar-refractivity contribution in [1.82, 2.24) is 14.5 Å². The van der Waals surface area contributed by atoms with Gasteiger partial charge in [-0.05, 0) is 37.1 Å². The van der Waals surface area contributed by atoms with Gasteiger partial charge in [0.1, 0.15) is 5.82 Å². The number of rotatable bonds is 4. The van der Waals surface area contributed by atoms with E-state index < -0.39 is 0 Å². The molecule has 1 aliphatic heterocycles. The van der Waals surface area contributed by atoms with Gasteiger partial charge in [-0.15, -0.1) is 0 Å². The topological polar surface area (TPSA) is 38.1 Å². The molecule has 27 heavy (non-hydrogen) atoms. The first-order chi connectivity index (χ1) is 13.2. The Morgan fingerprint density at radius 1 is 0.963 bits per heavy atom. The van der Waals surface area contributed by atoms with E-state index in [1.807, 2.05) is 47.4 Å². The lowest BCUT2D eigenvalue weighted by atomic mass is 10.2. The lowest BCUT2D eigenvalue weighted by molar-refractivity contribution is -0.131. The zero-order chi connectivity index (χ0) is 18.6. The van der Waals surface area contributed by atoms with Gasteiger partial charge in [-0.2, -0.15) is 0 Å². The molecule has 4 rings (SSSR count). The zero-order valence-corrected chi connectivity index (χ0v) is 16.2. The Balaban J connectivity index is 1.63. The number of hydrogen-bond acceptors (Lipinski definition) is 2. The van der Waals surface area contributed by atoms with Crippen LogP contribution in [-0.2, 0) is 11.3 Å². The van der Waals surface area contributed by atoms with Crippen LogP contribution >= 0.6 is 11.6 Å². The van der Waals surface area contributed by atoms with E-state index in [0.717, 1.165) is 48.4 Å². The molecule has 0 N–H and O–H groups in total. The first-order valence-corrected chi connectivity index (χ1v) is 10.1. The zero-order valence-electron chi connectivity index (χ0n) is 15.4. The highest BCUT2D eigenvalue weighted by molar-refractivity contribution is 6.33. The van der Waals surface area contributed by atoms with Gasteiger partial charge in [0.25, 0.3) is 0 Å². The number of imidazole rings is 1. The number of fused-ring (bicyclic) bond motifs is 1. The fraction of sp³-hybridized carbons (Fsp3) is 0.364. The lowest BCUT2D eigenvalue weighted by Gasteiger charge is -2.20. The first-order valence-electron chi connectivity index (χ1n) is 9.72. The summed E-state index contributed by atoms with van der Waals surface area (Å²) < 4.78 is 2.13. The molecule has 0 atom stereocenters. The van der Waals surface area contributed by atoms with Crippen molar-refractivity contribution in [3.05, 3.63) is 53.6 Å². The van der Waals surface area contributed by atoms with Crippen LogP contribution in [0.15, 0.2) is 48.5 Å². The van der Waals surface area contributed by atoms with Crippen LogP contribution in [0.25, 0.3) is 22.4 Å². The Bertz CT molecular complexity index is 942. The molecular weight excluding hydrogens is 358 g/mol. The standard InChI is InChI=1S/C22H24ClN3O/c23-18-10-4-3-9-17(18)22-24-19-11-5-6-12-20(19)26(22)16-13-21(27)25-14-7-1-2-8-15-25/h3-6,9-12H,1-2,7-8,13-16H2. The second kappa shape index (κ2) is 8.13. The quantitative estimate of drug-likeness (QED) is 0.626. The summed E-state index contributed by atoms with van der Waals surface area (Å²) in [6.07, 6.45) is 5.17. The van der Waals surface area contributed by atoms with Crippen molar-refractivity contribution in [2.24, 2.45) is 0 Å². The van der Waals surface area contributed by atoms with Crippen LogP contribution in [0.1, 0.15) is 32.1 Å². The number of benzene rings is 2. The third kappa shape index (κ3) is 3.86. The van der Waals surface area contributed by atoms with Crippen LogP contribution in [0.2, 0.25) is 5.02 Å². The molecule has 1 aliphatic rings. The highest BCUT2D eigenvalue weighted by Crippen LogP contribution is 2.30. The highest BCUT2D eigenvalue weighted by atomic mass is 35.5. The smallest absolute Gasteiger partial charge is 0.224 e. The molecule has 0 radical (unpaired) electrons. The van der Waals surface area contributed by atoms with E-state index in [-0.39, 0.29) is 5.91 Å². The van der Waals surface area contributed by atoms with E-state index in [1.165, 1.54) is 12.8 Å². The number of carbonyl (C=O) groups is 1. The van der Waals surface area contributed by atoms with Gasteiger partial charge in [0.15, 0.2) is 0 Å². The molecule has 0 unspecified atom stereocenters. The van der Waals surface area contributed by atoms with Crippen LogP contribution < -0.4 is 0 Å². The SMILES string of the molecule is O=C(CCn1c(-c2ccccc2Cl)nc2ccccc21)N1CCCCCC1. The molecule has 2 heterocycles. The van der Waals surface area contributed by atoms with Gasteiger partial charge >= 0.3 is 0 Å². The summed E-state index contributed by atoms with van der Waals surface area (Å²) in [6.45, 7) is 2.39. The molecule has 1 amide bonds. The van der Waals surface area contributed by atoms with Crippen LogP contribution in [-0.4, -0.2) is 33.4 Å². The molecule has 0 bridgehead atoms. The van der Waals surface area contributed by atoms with Crippen molar-refractivity contribution in [3.8, 4) is 11.4 Å². The monoisotopic (exact) mass is 381 g/mol. The molecule has 0 saturated carbocycles. The predicted molar refractivity (Wildman–Crippen MR) is 110 cm³/mol. The number of amides is 1. The third-order valence-corrected chi connectivity index (χ3v) is 5.61. The minimum atomic E-state index is 0.236. The third-order valence-electron chi connectivity index (χ3n) is 5.28. The van der Waals surface area contributed by atoms with Gasteiger partial charge in [0, 0.05) is 31.6 Å². The van der Waals surface area contributed by atoms with E-state index in [1.54, 1.807) is 0 Å². The largest absolute Gasteiger partial charge is 0.343 e. The summed E-state index contributed by atoms with van der Waals surface area (Å²) >= 11 is 6.43. The maximum absolute atomic E-state index is 12.8. The van der Waals surface area contributed by atoms with Crippen molar-refractivity contribution in [1.29, 1.82) is 0 Å². The lowest BCUT2D eigenvalue weighted by Crippen LogP contribution is -2.32. The fourth-order valence-electron chi connectivity index (χ4n) is 3.84. The Hall–Kier alpha value is -2.33. The Labute approximate surface area is 164 Å². The Morgan fingerprint density at radius 3 is 2.44 bits per heavy atom. The van der Waals surface area contributed by atoms with Crippen LogP contribution in [0, 0.1) is 0 Å². The van der Waals surface area contributed by atoms with Crippen molar-refractivity contribution in [2.75, 3.05) is 13.1 Å². The van der Waals surface area contributed by atoms with Gasteiger partial charge in [0.05, 0.1) is 16.1 Å². The summed E-state index contributed by atoms with van der Waals surface area (Å²) in [5.41, 5.74) is 2.86. The second-order valence-corrected chi connectivity index (χ2v) is 7.51. The summed E-state index contributed by atoms with van der Waals surface area (Å²) in [6, 6.07) is 15.8. The molecule has 2 aromatic carbocycles. The molecule has 1 fully saturated rings. The van der Waals surface area contributed by atoms with Crippen LogP contribution in [0.5, 0.6) is 0 Å². The average Bonchev–Trinajstić information content (AvgIpc) is 2.85. The van der Waals surface area contributed by atoms with Crippen LogP contribution in [0.4, 0.5) is 0 Å². The van der Waals surface area contributed by atoms with Crippen molar-refractivity contribution in [2.45, 2.75) is 38.6 Å². The van der Waals surface area contributed by atoms with Crippen molar-refractivity contribution < 1.29 is 4.79 Å². The van der Waals surface area contributed by atoms with Crippen LogP contribution in [0.3, 0.4) is 0 Å². The molecule has 0 spiro atoms. The fourth-order valence-corrected chi connectivity index (χ4v) is 4.06. The number of halogens is 1. The minimum absolute atomic E-state index is 0.236. The maximum Gasteiger partial charge on any atom is 0.224 e. The molecule has 4 nitrogen and oxygen atoms in total. The van der Waals surface area contributed by atoms with Gasteiger partial charge in [-0.25, -0.2) is 4.98 Å². The molecule has 5 heteroatoms. The van der Waals surface area contributed by atoms with Crippen molar-refractivity contribution >= 4 is 28.5 Å². The maximum atomic E-state index is 12.8. The number of para-hydroxylation sites is 2. The number of aromatic nitrogens is 2. The number of nitrogens with zero attached hydrogens (tertiary/aromatic N) is 3. The van der Waals surface area contributed by atoms with Gasteiger partial charge in [-0.1, -0.05) is 48.7 Å². The molecule has 140 valence electrons. The van der Waals surface area contributed by atoms with Crippen molar-refractivity contribution in [3.63, 3.8) is 0 Å². The average molecular weight is 382 g/mol. The summed E-state index contributed by atoms with van der Waals surface area (Å²) in [4.78, 5) is 19.6. The van der Waals surface area contributed by atoms with Gasteiger partial charge < -0.3 is 9.47 Å². The number of carbonyl (C=O) groups excluding carboxylic acids is 1. The summed E-state index contributed by atoms with van der Waals surface area (Å²) in [5, 5.41) is 0.674. The van der Waals surface area contributed by atoms with Gasteiger partial charge in [0.2, 0.25) is 5.91 Å². The minimum Gasteiger partial charge on any atom is -0.343 e. The normalized spacial score (nSPS) is 15.1. The van der Waals surface area contributed by atoms with E-state index in [2.05, 4.69) is 10.6 Å². The molecule has 0 aliphatic carbocycles. The Kier molecular flexibility index (Phi) is 5.44. The molecule has 3 aromatic rings. The highest BCUT2D eigenvalue weighted by Gasteiger charge is 2.18. The first kappa shape index (κ1) is 18.1. The van der Waals surface area contributed by atoms with E-state index in [9.17, 15) is 4.79 Å². The van der Waals surface area contributed by atoms with E-state index in [4.69, 9.17) is 16.6 Å². The Morgan fingerprint density at radius 2 is 1.67 bits per heavy atom. The molecule has 1 aromatic heterocycles. The van der Waals surface area contributed by atoms with E-state index >= 15 is 0 Å². The number of aryl methyl sites for hydroxylation is 1. The second-order valence-electron chi connectivity index (χ2n) is 7.10.